The SMILES string of the molecule is CN(C)c1cc2c(cc1Br)nc(OCC1CCCN1C)c1cnc(N3CCNCC3)nc12. The lowest BCUT2D eigenvalue weighted by molar-refractivity contribution is 0.195. The largest absolute Gasteiger partial charge is 0.475 e. The minimum Gasteiger partial charge on any atom is -0.475 e. The molecule has 9 heteroatoms. The van der Waals surface area contributed by atoms with E-state index in [0.717, 1.165) is 77.1 Å². The zero-order valence-corrected chi connectivity index (χ0v) is 20.5. The van der Waals surface area contributed by atoms with E-state index in [9.17, 15) is 0 Å². The lowest BCUT2D eigenvalue weighted by Gasteiger charge is -2.27. The number of fused-ring (bicyclic) bond motifs is 3. The van der Waals surface area contributed by atoms with Crippen LogP contribution in [0.3, 0.4) is 0 Å². The summed E-state index contributed by atoms with van der Waals surface area (Å²) in [6.07, 6.45) is 4.26. The Hall–Kier alpha value is -2.23. The number of likely N-dealkylation sites (N-methyl/N-ethyl adjacent to an activating group) is 1. The summed E-state index contributed by atoms with van der Waals surface area (Å²) in [5.41, 5.74) is 2.85. The normalized spacial score (nSPS) is 19.8. The van der Waals surface area contributed by atoms with Crippen molar-refractivity contribution in [3.05, 3.63) is 22.8 Å². The molecule has 1 N–H and O–H groups in total. The fourth-order valence-corrected chi connectivity index (χ4v) is 5.26. The molecule has 32 heavy (non-hydrogen) atoms. The molecule has 1 unspecified atom stereocenters. The number of piperazine rings is 1. The predicted molar refractivity (Wildman–Crippen MR) is 133 cm³/mol. The highest BCUT2D eigenvalue weighted by atomic mass is 79.9. The number of benzene rings is 1. The van der Waals surface area contributed by atoms with Crippen LogP contribution in [0.4, 0.5) is 11.6 Å². The van der Waals surface area contributed by atoms with Gasteiger partial charge in [-0.1, -0.05) is 0 Å². The van der Waals surface area contributed by atoms with Gasteiger partial charge in [-0.3, -0.25) is 0 Å². The van der Waals surface area contributed by atoms with Crippen LogP contribution in [0.5, 0.6) is 5.88 Å². The van der Waals surface area contributed by atoms with Crippen LogP contribution in [0.1, 0.15) is 12.8 Å². The van der Waals surface area contributed by atoms with E-state index in [-0.39, 0.29) is 0 Å². The third-order valence-corrected chi connectivity index (χ3v) is 7.15. The number of likely N-dealkylation sites (tertiary alicyclic amines) is 1. The van der Waals surface area contributed by atoms with Crippen molar-refractivity contribution in [2.24, 2.45) is 0 Å². The third kappa shape index (κ3) is 4.09. The molecule has 0 amide bonds. The number of ether oxygens (including phenoxy) is 1. The van der Waals surface area contributed by atoms with Crippen LogP contribution in [0.15, 0.2) is 22.8 Å². The summed E-state index contributed by atoms with van der Waals surface area (Å²) >= 11 is 3.71. The molecule has 170 valence electrons. The molecule has 0 saturated carbocycles. The Balaban J connectivity index is 1.62. The molecule has 2 aliphatic heterocycles. The van der Waals surface area contributed by atoms with Gasteiger partial charge in [-0.2, -0.15) is 0 Å². The average Bonchev–Trinajstić information content (AvgIpc) is 3.21. The van der Waals surface area contributed by atoms with Crippen LogP contribution in [-0.4, -0.2) is 86.4 Å². The maximum atomic E-state index is 6.30. The number of hydrogen-bond donors (Lipinski definition) is 1. The number of aromatic nitrogens is 3. The minimum atomic E-state index is 0.423. The van der Waals surface area contributed by atoms with Crippen molar-refractivity contribution in [1.82, 2.24) is 25.2 Å². The molecule has 1 atom stereocenters. The summed E-state index contributed by atoms with van der Waals surface area (Å²) in [6, 6.07) is 4.63. The van der Waals surface area contributed by atoms with Crippen molar-refractivity contribution in [2.75, 3.05) is 70.3 Å². The number of nitrogens with one attached hydrogen (secondary N) is 1. The smallest absolute Gasteiger partial charge is 0.225 e. The van der Waals surface area contributed by atoms with Gasteiger partial charge in [0.25, 0.3) is 0 Å². The van der Waals surface area contributed by atoms with Gasteiger partial charge >= 0.3 is 0 Å². The molecule has 2 aliphatic rings. The lowest BCUT2D eigenvalue weighted by Crippen LogP contribution is -2.44. The van der Waals surface area contributed by atoms with Crippen molar-refractivity contribution >= 4 is 49.4 Å². The highest BCUT2D eigenvalue weighted by molar-refractivity contribution is 9.10. The van der Waals surface area contributed by atoms with E-state index in [2.05, 4.69) is 55.1 Å². The Bertz CT molecular complexity index is 1130. The van der Waals surface area contributed by atoms with Crippen molar-refractivity contribution in [3.63, 3.8) is 0 Å². The van der Waals surface area contributed by atoms with Gasteiger partial charge in [0, 0.05) is 62.4 Å². The topological polar surface area (TPSA) is 69.7 Å². The van der Waals surface area contributed by atoms with Gasteiger partial charge in [0.05, 0.1) is 22.1 Å². The van der Waals surface area contributed by atoms with E-state index < -0.39 is 0 Å². The molecule has 2 fully saturated rings. The number of pyridine rings is 1. The molecule has 0 bridgehead atoms. The van der Waals surface area contributed by atoms with E-state index in [1.165, 1.54) is 6.42 Å². The number of nitrogens with zero attached hydrogens (tertiary/aromatic N) is 6. The number of anilines is 2. The predicted octanol–water partition coefficient (Wildman–Crippen LogP) is 2.89. The summed E-state index contributed by atoms with van der Waals surface area (Å²) < 4.78 is 7.30. The maximum absolute atomic E-state index is 6.30. The Morgan fingerprint density at radius 1 is 1.16 bits per heavy atom. The molecule has 3 aromatic rings. The van der Waals surface area contributed by atoms with Crippen LogP contribution in [-0.2, 0) is 0 Å². The summed E-state index contributed by atoms with van der Waals surface area (Å²) in [6.45, 7) is 5.44. The summed E-state index contributed by atoms with van der Waals surface area (Å²) in [7, 11) is 6.24. The molecule has 8 nitrogen and oxygen atoms in total. The Labute approximate surface area is 197 Å². The van der Waals surface area contributed by atoms with Crippen LogP contribution in [0.25, 0.3) is 21.8 Å². The molecule has 0 aliphatic carbocycles. The quantitative estimate of drug-likeness (QED) is 0.537. The zero-order chi connectivity index (χ0) is 22.2. The first kappa shape index (κ1) is 21.6. The first-order chi connectivity index (χ1) is 15.5. The van der Waals surface area contributed by atoms with E-state index in [4.69, 9.17) is 19.7 Å². The molecule has 5 rings (SSSR count). The van der Waals surface area contributed by atoms with Gasteiger partial charge in [-0.25, -0.2) is 15.0 Å². The highest BCUT2D eigenvalue weighted by Crippen LogP contribution is 2.36. The fraction of sp³-hybridized carbons (Fsp3) is 0.522. The summed E-state index contributed by atoms with van der Waals surface area (Å²) in [5, 5.41) is 5.27. The second-order valence-electron chi connectivity index (χ2n) is 8.89. The van der Waals surface area contributed by atoms with Gasteiger partial charge in [-0.05, 0) is 54.5 Å². The lowest BCUT2D eigenvalue weighted by atomic mass is 10.1. The average molecular weight is 500 g/mol. The summed E-state index contributed by atoms with van der Waals surface area (Å²) in [4.78, 5) is 21.3. The van der Waals surface area contributed by atoms with Crippen molar-refractivity contribution in [1.29, 1.82) is 0 Å². The minimum absolute atomic E-state index is 0.423. The van der Waals surface area contributed by atoms with Gasteiger partial charge < -0.3 is 24.8 Å². The number of rotatable bonds is 5. The van der Waals surface area contributed by atoms with Gasteiger partial charge in [0.2, 0.25) is 11.8 Å². The first-order valence-corrected chi connectivity index (χ1v) is 12.1. The van der Waals surface area contributed by atoms with Gasteiger partial charge in [0.15, 0.2) is 0 Å². The molecule has 2 aromatic heterocycles. The third-order valence-electron chi connectivity index (χ3n) is 6.51. The van der Waals surface area contributed by atoms with E-state index >= 15 is 0 Å². The van der Waals surface area contributed by atoms with Crippen LogP contribution >= 0.6 is 15.9 Å². The maximum Gasteiger partial charge on any atom is 0.225 e. The monoisotopic (exact) mass is 499 g/mol. The van der Waals surface area contributed by atoms with E-state index in [0.29, 0.717) is 18.5 Å². The Morgan fingerprint density at radius 2 is 1.97 bits per heavy atom. The van der Waals surface area contributed by atoms with Crippen LogP contribution < -0.4 is 19.9 Å². The highest BCUT2D eigenvalue weighted by Gasteiger charge is 2.23. The molecule has 4 heterocycles. The van der Waals surface area contributed by atoms with Gasteiger partial charge in [0.1, 0.15) is 6.61 Å². The van der Waals surface area contributed by atoms with Crippen molar-refractivity contribution in [3.8, 4) is 5.88 Å². The van der Waals surface area contributed by atoms with Crippen LogP contribution in [0.2, 0.25) is 0 Å². The number of halogens is 1. The van der Waals surface area contributed by atoms with Crippen molar-refractivity contribution < 1.29 is 4.74 Å². The molecular weight excluding hydrogens is 470 g/mol. The van der Waals surface area contributed by atoms with E-state index in [1.54, 1.807) is 0 Å². The second-order valence-corrected chi connectivity index (χ2v) is 9.74. The first-order valence-electron chi connectivity index (χ1n) is 11.3. The van der Waals surface area contributed by atoms with E-state index in [1.807, 2.05) is 20.3 Å². The fourth-order valence-electron chi connectivity index (χ4n) is 4.57. The Kier molecular flexibility index (Phi) is 6.05. The van der Waals surface area contributed by atoms with Crippen LogP contribution in [0, 0.1) is 0 Å². The standard InChI is InChI=1S/C23H30BrN7O/c1-29(2)20-11-16-19(12-18(20)24)27-22(32-14-15-5-4-8-30(15)3)17-13-26-23(28-21(16)17)31-9-6-25-7-10-31/h11-13,15,25H,4-10,14H2,1-3H3. The van der Waals surface area contributed by atoms with Crippen molar-refractivity contribution in [2.45, 2.75) is 18.9 Å². The Morgan fingerprint density at radius 3 is 2.69 bits per heavy atom. The second kappa shape index (κ2) is 8.96. The number of hydrogen-bond acceptors (Lipinski definition) is 8. The zero-order valence-electron chi connectivity index (χ0n) is 18.9. The summed E-state index contributed by atoms with van der Waals surface area (Å²) in [5.74, 6) is 1.38. The molecule has 0 spiro atoms. The molecule has 1 aromatic carbocycles. The molecular formula is C23H30BrN7O. The van der Waals surface area contributed by atoms with Gasteiger partial charge in [-0.15, -0.1) is 0 Å². The molecule has 2 saturated heterocycles. The molecule has 0 radical (unpaired) electrons.